The van der Waals surface area contributed by atoms with Crippen LogP contribution >= 0.6 is 0 Å². The number of aromatic nitrogens is 4. The topological polar surface area (TPSA) is 125 Å². The fourth-order valence-electron chi connectivity index (χ4n) is 4.63. The van der Waals surface area contributed by atoms with Crippen LogP contribution in [0.1, 0.15) is 44.1 Å². The quantitative estimate of drug-likeness (QED) is 0.569. The predicted octanol–water partition coefficient (Wildman–Crippen LogP) is 3.23. The molecule has 1 fully saturated rings. The molecule has 0 saturated heterocycles. The van der Waals surface area contributed by atoms with Gasteiger partial charge in [0.2, 0.25) is 10.0 Å². The van der Waals surface area contributed by atoms with Crippen LogP contribution in [0.15, 0.2) is 41.7 Å². The van der Waals surface area contributed by atoms with Gasteiger partial charge in [0, 0.05) is 36.3 Å². The van der Waals surface area contributed by atoms with E-state index in [1.54, 1.807) is 10.7 Å². The van der Waals surface area contributed by atoms with Crippen molar-refractivity contribution in [3.63, 3.8) is 0 Å². The summed E-state index contributed by atoms with van der Waals surface area (Å²) >= 11 is 0. The van der Waals surface area contributed by atoms with E-state index in [1.165, 1.54) is 49.9 Å². The molecule has 0 amide bonds. The summed E-state index contributed by atoms with van der Waals surface area (Å²) < 4.78 is 30.9. The number of hydrogen-bond acceptors (Lipinski definition) is 7. The minimum absolute atomic E-state index is 0.0685. The molecule has 0 spiro atoms. The second-order valence-corrected chi connectivity index (χ2v) is 10.3. The van der Waals surface area contributed by atoms with Gasteiger partial charge in [-0.15, -0.1) is 5.10 Å². The molecule has 3 aromatic rings. The van der Waals surface area contributed by atoms with Crippen molar-refractivity contribution in [1.82, 2.24) is 19.6 Å². The number of ether oxygens (including phenoxy) is 1. The molecule has 10 heteroatoms. The lowest BCUT2D eigenvalue weighted by atomic mass is 9.89. The minimum Gasteiger partial charge on any atom is -0.377 e. The Bertz CT molecular complexity index is 1290. The number of fused-ring (bicyclic) bond motifs is 1. The first kappa shape index (κ1) is 22.0. The summed E-state index contributed by atoms with van der Waals surface area (Å²) in [4.78, 5) is 8.80. The van der Waals surface area contributed by atoms with Crippen molar-refractivity contribution in [3.05, 3.63) is 42.4 Å². The molecule has 0 aromatic carbocycles. The van der Waals surface area contributed by atoms with E-state index in [-0.39, 0.29) is 4.90 Å². The molecule has 33 heavy (non-hydrogen) atoms. The average molecular weight is 469 g/mol. The summed E-state index contributed by atoms with van der Waals surface area (Å²) in [7, 11) is -3.88. The van der Waals surface area contributed by atoms with Gasteiger partial charge in [-0.3, -0.25) is 4.98 Å². The van der Waals surface area contributed by atoms with Crippen molar-refractivity contribution in [2.45, 2.75) is 43.4 Å². The third-order valence-electron chi connectivity index (χ3n) is 6.40. The van der Waals surface area contributed by atoms with Crippen LogP contribution in [0, 0.1) is 5.92 Å². The van der Waals surface area contributed by atoms with Gasteiger partial charge in [-0.1, -0.05) is 25.3 Å². The van der Waals surface area contributed by atoms with E-state index in [9.17, 15) is 8.42 Å². The summed E-state index contributed by atoms with van der Waals surface area (Å²) in [5.41, 5.74) is 3.72. The highest BCUT2D eigenvalue weighted by Crippen LogP contribution is 2.32. The fraction of sp³-hybridized carbons (Fsp3) is 0.435. The van der Waals surface area contributed by atoms with Crippen LogP contribution in [0.3, 0.4) is 0 Å². The van der Waals surface area contributed by atoms with Gasteiger partial charge in [0.05, 0.1) is 13.2 Å². The van der Waals surface area contributed by atoms with Crippen molar-refractivity contribution in [2.75, 3.05) is 25.1 Å². The number of nitrogens with two attached hydrogens (primary N) is 1. The predicted molar refractivity (Wildman–Crippen MR) is 126 cm³/mol. The lowest BCUT2D eigenvalue weighted by molar-refractivity contribution is 0.161. The van der Waals surface area contributed by atoms with E-state index in [2.05, 4.69) is 27.5 Å². The van der Waals surface area contributed by atoms with Crippen LogP contribution in [0.4, 0.5) is 5.82 Å². The molecule has 1 aliphatic carbocycles. The fourth-order valence-corrected chi connectivity index (χ4v) is 5.13. The smallest absolute Gasteiger partial charge is 0.239 e. The lowest BCUT2D eigenvalue weighted by Gasteiger charge is -2.22. The van der Waals surface area contributed by atoms with E-state index >= 15 is 0 Å². The average Bonchev–Trinajstić information content (AvgIpc) is 3.28. The zero-order valence-corrected chi connectivity index (χ0v) is 19.2. The summed E-state index contributed by atoms with van der Waals surface area (Å²) in [5.74, 6) is 1.74. The molecule has 5 rings (SSSR count). The van der Waals surface area contributed by atoms with Gasteiger partial charge in [0.15, 0.2) is 11.6 Å². The Morgan fingerprint density at radius 1 is 1.21 bits per heavy atom. The zero-order valence-electron chi connectivity index (χ0n) is 18.4. The molecule has 1 saturated carbocycles. The van der Waals surface area contributed by atoms with Gasteiger partial charge in [-0.25, -0.2) is 23.1 Å². The van der Waals surface area contributed by atoms with Crippen LogP contribution < -0.4 is 10.5 Å². The molecular formula is C23H28N6O3S. The maximum Gasteiger partial charge on any atom is 0.239 e. The minimum atomic E-state index is -3.88. The summed E-state index contributed by atoms with van der Waals surface area (Å²) in [6.07, 6.45) is 13.9. The highest BCUT2D eigenvalue weighted by molar-refractivity contribution is 7.89. The van der Waals surface area contributed by atoms with E-state index in [0.717, 1.165) is 29.9 Å². The van der Waals surface area contributed by atoms with Crippen molar-refractivity contribution in [1.29, 1.82) is 0 Å². The molecule has 174 valence electrons. The van der Waals surface area contributed by atoms with Gasteiger partial charge < -0.3 is 10.1 Å². The normalized spacial score (nSPS) is 17.8. The van der Waals surface area contributed by atoms with Crippen LogP contribution in [0.2, 0.25) is 0 Å². The first-order chi connectivity index (χ1) is 16.0. The van der Waals surface area contributed by atoms with Crippen molar-refractivity contribution < 1.29 is 13.2 Å². The van der Waals surface area contributed by atoms with Gasteiger partial charge in [0.1, 0.15) is 10.4 Å². The first-order valence-electron chi connectivity index (χ1n) is 11.4. The molecular weight excluding hydrogens is 440 g/mol. The Morgan fingerprint density at radius 2 is 2.06 bits per heavy atom. The Balaban J connectivity index is 1.58. The third-order valence-corrected chi connectivity index (χ3v) is 7.28. The maximum atomic E-state index is 11.8. The van der Waals surface area contributed by atoms with E-state index in [4.69, 9.17) is 14.9 Å². The van der Waals surface area contributed by atoms with Crippen molar-refractivity contribution >= 4 is 26.9 Å². The molecule has 9 nitrogen and oxygen atoms in total. The number of pyridine rings is 1. The standard InChI is InChI=1S/C23H28N6O3S/c24-33(30,31)19-12-18(14-25-15-19)22-27-23(26-13-16-4-2-1-3-5-16)21-20(6-9-29(21)28-22)17-7-10-32-11-8-17/h6-7,9,12,14-16H,1-5,8,10-11,13H2,(H2,24,30,31)(H,26,27,28). The monoisotopic (exact) mass is 468 g/mol. The Kier molecular flexibility index (Phi) is 6.13. The highest BCUT2D eigenvalue weighted by atomic mass is 32.2. The van der Waals surface area contributed by atoms with E-state index in [0.29, 0.717) is 30.5 Å². The van der Waals surface area contributed by atoms with Gasteiger partial charge in [-0.05, 0) is 42.9 Å². The largest absolute Gasteiger partial charge is 0.377 e. The molecule has 2 aliphatic rings. The van der Waals surface area contributed by atoms with Crippen LogP contribution in [-0.2, 0) is 14.8 Å². The zero-order chi connectivity index (χ0) is 22.8. The highest BCUT2D eigenvalue weighted by Gasteiger charge is 2.20. The van der Waals surface area contributed by atoms with Crippen LogP contribution in [0.5, 0.6) is 0 Å². The Hall–Kier alpha value is -2.82. The molecule has 1 aliphatic heterocycles. The Labute approximate surface area is 193 Å². The maximum absolute atomic E-state index is 11.8. The number of nitrogens with zero attached hydrogens (tertiary/aromatic N) is 4. The van der Waals surface area contributed by atoms with E-state index < -0.39 is 10.0 Å². The molecule has 0 unspecified atom stereocenters. The van der Waals surface area contributed by atoms with Crippen molar-refractivity contribution in [2.24, 2.45) is 11.1 Å². The number of rotatable bonds is 6. The summed E-state index contributed by atoms with van der Waals surface area (Å²) in [6, 6.07) is 3.51. The number of nitrogens with one attached hydrogen (secondary N) is 1. The Morgan fingerprint density at radius 3 is 2.82 bits per heavy atom. The molecule has 0 atom stereocenters. The lowest BCUT2D eigenvalue weighted by Crippen LogP contribution is -2.19. The number of primary sulfonamides is 1. The number of sulfonamides is 1. The second kappa shape index (κ2) is 9.20. The van der Waals surface area contributed by atoms with E-state index in [1.807, 2.05) is 6.20 Å². The summed E-state index contributed by atoms with van der Waals surface area (Å²) in [6.45, 7) is 2.13. The molecule has 3 aromatic heterocycles. The van der Waals surface area contributed by atoms with Gasteiger partial charge >= 0.3 is 0 Å². The van der Waals surface area contributed by atoms with Crippen molar-refractivity contribution in [3.8, 4) is 11.4 Å². The molecule has 4 heterocycles. The first-order valence-corrected chi connectivity index (χ1v) is 12.9. The van der Waals surface area contributed by atoms with Crippen LogP contribution in [-0.4, -0.2) is 47.8 Å². The molecule has 3 N–H and O–H groups in total. The second-order valence-electron chi connectivity index (χ2n) is 8.70. The third kappa shape index (κ3) is 4.78. The molecule has 0 radical (unpaired) electrons. The van der Waals surface area contributed by atoms with Gasteiger partial charge in [-0.2, -0.15) is 0 Å². The number of hydrogen-bond donors (Lipinski definition) is 2. The molecule has 0 bridgehead atoms. The van der Waals surface area contributed by atoms with Gasteiger partial charge in [0.25, 0.3) is 0 Å². The summed E-state index contributed by atoms with van der Waals surface area (Å²) in [5, 5.41) is 13.6. The number of anilines is 1. The SMILES string of the molecule is NS(=O)(=O)c1cncc(-c2nc(NCC3CCCCC3)c3c(C4=CCOCC4)ccn3n2)c1. The van der Waals surface area contributed by atoms with Crippen LogP contribution in [0.25, 0.3) is 22.5 Å².